The lowest BCUT2D eigenvalue weighted by molar-refractivity contribution is -0.117. The van der Waals surface area contributed by atoms with Crippen LogP contribution in [0.5, 0.6) is 0 Å². The molecule has 114 valence electrons. The van der Waals surface area contributed by atoms with Crippen molar-refractivity contribution in [3.63, 3.8) is 0 Å². The van der Waals surface area contributed by atoms with Gasteiger partial charge in [-0.2, -0.15) is 0 Å². The second-order valence-electron chi connectivity index (χ2n) is 5.65. The van der Waals surface area contributed by atoms with Crippen LogP contribution in [0.1, 0.15) is 48.9 Å². The van der Waals surface area contributed by atoms with Crippen LogP contribution in [0, 0.1) is 5.82 Å². The molecule has 1 aliphatic rings. The zero-order valence-electron chi connectivity index (χ0n) is 11.7. The van der Waals surface area contributed by atoms with Crippen molar-refractivity contribution in [3.05, 3.63) is 29.6 Å². The van der Waals surface area contributed by atoms with Crippen LogP contribution in [0.2, 0.25) is 0 Å². The summed E-state index contributed by atoms with van der Waals surface area (Å²) in [4.78, 5) is 22.7. The molecule has 0 aromatic heterocycles. The number of benzene rings is 1. The molecule has 1 amide bonds. The Morgan fingerprint density at radius 2 is 1.95 bits per heavy atom. The fourth-order valence-corrected chi connectivity index (χ4v) is 2.72. The first kappa shape index (κ1) is 15.4. The van der Waals surface area contributed by atoms with Gasteiger partial charge >= 0.3 is 5.97 Å². The van der Waals surface area contributed by atoms with E-state index in [2.05, 4.69) is 5.32 Å². The van der Waals surface area contributed by atoms with Gasteiger partial charge in [0.15, 0.2) is 0 Å². The number of anilines is 1. The lowest BCUT2D eigenvalue weighted by Crippen LogP contribution is -2.44. The SMILES string of the molecule is NC1(CC(=O)Nc2ccc(C(=O)O)c(F)c2)CCCCC1. The van der Waals surface area contributed by atoms with Crippen molar-refractivity contribution in [2.75, 3.05) is 5.32 Å². The van der Waals surface area contributed by atoms with Gasteiger partial charge in [-0.15, -0.1) is 0 Å². The molecule has 0 heterocycles. The number of halogens is 1. The molecule has 0 aliphatic heterocycles. The molecule has 0 spiro atoms. The van der Waals surface area contributed by atoms with Crippen LogP contribution in [0.25, 0.3) is 0 Å². The molecule has 0 unspecified atom stereocenters. The number of carbonyl (C=O) groups is 2. The first-order valence-electron chi connectivity index (χ1n) is 7.01. The topological polar surface area (TPSA) is 92.4 Å². The number of amides is 1. The fraction of sp³-hybridized carbons (Fsp3) is 0.467. The summed E-state index contributed by atoms with van der Waals surface area (Å²) in [6.07, 6.45) is 4.99. The number of carboxylic acids is 1. The second-order valence-corrected chi connectivity index (χ2v) is 5.65. The highest BCUT2D eigenvalue weighted by atomic mass is 19.1. The largest absolute Gasteiger partial charge is 0.478 e. The van der Waals surface area contributed by atoms with E-state index >= 15 is 0 Å². The third-order valence-corrected chi connectivity index (χ3v) is 3.85. The maximum absolute atomic E-state index is 13.5. The van der Waals surface area contributed by atoms with Gasteiger partial charge in [-0.25, -0.2) is 9.18 Å². The van der Waals surface area contributed by atoms with Gasteiger partial charge in [-0.1, -0.05) is 19.3 Å². The highest BCUT2D eigenvalue weighted by molar-refractivity contribution is 5.93. The number of nitrogens with two attached hydrogens (primary N) is 1. The molecule has 21 heavy (non-hydrogen) atoms. The molecular formula is C15H19FN2O3. The number of rotatable bonds is 4. The highest BCUT2D eigenvalue weighted by Gasteiger charge is 2.30. The summed E-state index contributed by atoms with van der Waals surface area (Å²) in [5, 5.41) is 11.3. The predicted octanol–water partition coefficient (Wildman–Crippen LogP) is 2.51. The predicted molar refractivity (Wildman–Crippen MR) is 76.6 cm³/mol. The molecular weight excluding hydrogens is 275 g/mol. The zero-order valence-corrected chi connectivity index (χ0v) is 11.7. The maximum Gasteiger partial charge on any atom is 0.338 e. The van der Waals surface area contributed by atoms with Gasteiger partial charge < -0.3 is 16.2 Å². The van der Waals surface area contributed by atoms with Crippen LogP contribution in [0.3, 0.4) is 0 Å². The third-order valence-electron chi connectivity index (χ3n) is 3.85. The Hall–Kier alpha value is -1.95. The van der Waals surface area contributed by atoms with Gasteiger partial charge in [0.1, 0.15) is 5.82 Å². The number of carbonyl (C=O) groups excluding carboxylic acids is 1. The van der Waals surface area contributed by atoms with Crippen LogP contribution in [0.4, 0.5) is 10.1 Å². The molecule has 1 fully saturated rings. The summed E-state index contributed by atoms with van der Waals surface area (Å²) in [7, 11) is 0. The van der Waals surface area contributed by atoms with Crippen molar-refractivity contribution in [3.8, 4) is 0 Å². The molecule has 0 saturated heterocycles. The number of aromatic carboxylic acids is 1. The maximum atomic E-state index is 13.5. The van der Waals surface area contributed by atoms with E-state index in [-0.39, 0.29) is 18.0 Å². The first-order chi connectivity index (χ1) is 9.89. The minimum atomic E-state index is -1.34. The molecule has 1 aliphatic carbocycles. The summed E-state index contributed by atoms with van der Waals surface area (Å²) < 4.78 is 13.5. The Morgan fingerprint density at radius 1 is 1.29 bits per heavy atom. The van der Waals surface area contributed by atoms with Gasteiger partial charge in [-0.05, 0) is 31.0 Å². The van der Waals surface area contributed by atoms with Gasteiger partial charge in [0, 0.05) is 17.6 Å². The quantitative estimate of drug-likeness (QED) is 0.795. The number of hydrogen-bond donors (Lipinski definition) is 3. The van der Waals surface area contributed by atoms with Crippen LogP contribution >= 0.6 is 0 Å². The van der Waals surface area contributed by atoms with E-state index in [9.17, 15) is 14.0 Å². The summed E-state index contributed by atoms with van der Waals surface area (Å²) in [6.45, 7) is 0. The third kappa shape index (κ3) is 4.01. The second kappa shape index (κ2) is 6.22. The molecule has 2 rings (SSSR count). The zero-order chi connectivity index (χ0) is 15.5. The number of hydrogen-bond acceptors (Lipinski definition) is 3. The molecule has 4 N–H and O–H groups in total. The lowest BCUT2D eigenvalue weighted by atomic mass is 9.80. The Kier molecular flexibility index (Phi) is 4.57. The van der Waals surface area contributed by atoms with E-state index in [0.717, 1.165) is 44.2 Å². The average molecular weight is 294 g/mol. The van der Waals surface area contributed by atoms with Gasteiger partial charge in [-0.3, -0.25) is 4.79 Å². The summed E-state index contributed by atoms with van der Waals surface area (Å²) in [6, 6.07) is 3.51. The highest BCUT2D eigenvalue weighted by Crippen LogP contribution is 2.29. The molecule has 1 aromatic carbocycles. The molecule has 1 saturated carbocycles. The molecule has 0 radical (unpaired) electrons. The van der Waals surface area contributed by atoms with E-state index < -0.39 is 22.9 Å². The first-order valence-corrected chi connectivity index (χ1v) is 7.01. The van der Waals surface area contributed by atoms with E-state index in [1.807, 2.05) is 0 Å². The monoisotopic (exact) mass is 294 g/mol. The van der Waals surface area contributed by atoms with E-state index in [1.165, 1.54) is 6.07 Å². The van der Waals surface area contributed by atoms with Crippen molar-refractivity contribution < 1.29 is 19.1 Å². The molecule has 6 heteroatoms. The van der Waals surface area contributed by atoms with Crippen molar-refractivity contribution in [2.24, 2.45) is 5.73 Å². The van der Waals surface area contributed by atoms with Crippen LogP contribution < -0.4 is 11.1 Å². The number of carboxylic acid groups (broad SMARTS) is 1. The molecule has 0 atom stereocenters. The van der Waals surface area contributed by atoms with Crippen molar-refractivity contribution in [2.45, 2.75) is 44.1 Å². The minimum Gasteiger partial charge on any atom is -0.478 e. The standard InChI is InChI=1S/C15H19FN2O3/c16-12-8-10(4-5-11(12)14(20)21)18-13(19)9-15(17)6-2-1-3-7-15/h4-5,8H,1-3,6-7,9,17H2,(H,18,19)(H,20,21). The number of nitrogens with one attached hydrogen (secondary N) is 1. The van der Waals surface area contributed by atoms with Crippen LogP contribution in [-0.2, 0) is 4.79 Å². The van der Waals surface area contributed by atoms with Gasteiger partial charge in [0.25, 0.3) is 0 Å². The molecule has 1 aromatic rings. The lowest BCUT2D eigenvalue weighted by Gasteiger charge is -2.32. The molecule has 5 nitrogen and oxygen atoms in total. The van der Waals surface area contributed by atoms with Gasteiger partial charge in [0.2, 0.25) is 5.91 Å². The van der Waals surface area contributed by atoms with Crippen molar-refractivity contribution >= 4 is 17.6 Å². The molecule has 0 bridgehead atoms. The van der Waals surface area contributed by atoms with Crippen LogP contribution in [-0.4, -0.2) is 22.5 Å². The smallest absolute Gasteiger partial charge is 0.338 e. The summed E-state index contributed by atoms with van der Waals surface area (Å²) in [5.74, 6) is -2.49. The van der Waals surface area contributed by atoms with Crippen molar-refractivity contribution in [1.82, 2.24) is 0 Å². The van der Waals surface area contributed by atoms with Gasteiger partial charge in [0.05, 0.1) is 5.56 Å². The van der Waals surface area contributed by atoms with E-state index in [4.69, 9.17) is 10.8 Å². The van der Waals surface area contributed by atoms with Crippen LogP contribution in [0.15, 0.2) is 18.2 Å². The van der Waals surface area contributed by atoms with E-state index in [0.29, 0.717) is 0 Å². The normalized spacial score (nSPS) is 17.2. The average Bonchev–Trinajstić information content (AvgIpc) is 2.38. The Labute approximate surface area is 122 Å². The van der Waals surface area contributed by atoms with Crippen molar-refractivity contribution in [1.29, 1.82) is 0 Å². The fourth-order valence-electron chi connectivity index (χ4n) is 2.72. The minimum absolute atomic E-state index is 0.190. The summed E-state index contributed by atoms with van der Waals surface area (Å²) in [5.41, 5.74) is 5.53. The Bertz CT molecular complexity index is 554. The summed E-state index contributed by atoms with van der Waals surface area (Å²) >= 11 is 0. The van der Waals surface area contributed by atoms with E-state index in [1.54, 1.807) is 0 Å². The Balaban J connectivity index is 1.99. The Morgan fingerprint density at radius 3 is 2.52 bits per heavy atom.